The van der Waals surface area contributed by atoms with Gasteiger partial charge in [0, 0.05) is 33.1 Å². The van der Waals surface area contributed by atoms with E-state index in [-0.39, 0.29) is 18.1 Å². The van der Waals surface area contributed by atoms with Crippen LogP contribution < -0.4 is 5.32 Å². The Bertz CT molecular complexity index is 933. The Morgan fingerprint density at radius 2 is 1.68 bits per heavy atom. The van der Waals surface area contributed by atoms with Gasteiger partial charge in [-0.05, 0) is 47.5 Å². The number of benzene rings is 2. The quantitative estimate of drug-likeness (QED) is 0.729. The van der Waals surface area contributed by atoms with Gasteiger partial charge in [0.1, 0.15) is 5.41 Å². The second kappa shape index (κ2) is 5.87. The van der Waals surface area contributed by atoms with Gasteiger partial charge in [-0.15, -0.1) is 0 Å². The van der Waals surface area contributed by atoms with Crippen LogP contribution in [0.15, 0.2) is 48.6 Å². The minimum Gasteiger partial charge on any atom is -0.325 e. The number of allylic oxidation sites excluding steroid dienone is 1. The summed E-state index contributed by atoms with van der Waals surface area (Å²) in [7, 11) is 0. The van der Waals surface area contributed by atoms with Crippen molar-refractivity contribution in [1.82, 2.24) is 0 Å². The van der Waals surface area contributed by atoms with E-state index in [1.54, 1.807) is 36.4 Å². The second-order valence-electron chi connectivity index (χ2n) is 6.27. The van der Waals surface area contributed by atoms with Crippen LogP contribution in [0.4, 0.5) is 5.69 Å². The summed E-state index contributed by atoms with van der Waals surface area (Å²) >= 11 is 18.4. The molecule has 0 bridgehead atoms. The number of amides is 1. The van der Waals surface area contributed by atoms with Crippen LogP contribution in [0.2, 0.25) is 15.1 Å². The fourth-order valence-corrected chi connectivity index (χ4v) is 4.48. The number of halogens is 3. The molecule has 0 radical (unpaired) electrons. The third-order valence-corrected chi connectivity index (χ3v) is 5.50. The molecule has 2 aromatic rings. The Balaban J connectivity index is 1.96. The number of ketones is 1. The lowest BCUT2D eigenvalue weighted by Gasteiger charge is -2.36. The van der Waals surface area contributed by atoms with Crippen LogP contribution in [0, 0.1) is 0 Å². The average molecular weight is 393 g/mol. The molecule has 0 saturated heterocycles. The highest BCUT2D eigenvalue weighted by Gasteiger charge is 2.53. The molecular weight excluding hydrogens is 381 g/mol. The second-order valence-corrected chi connectivity index (χ2v) is 7.58. The number of hydrogen-bond donors (Lipinski definition) is 1. The number of carbonyl (C=O) groups excluding carboxylic acids is 2. The van der Waals surface area contributed by atoms with E-state index in [0.717, 1.165) is 11.1 Å². The molecule has 1 unspecified atom stereocenters. The maximum Gasteiger partial charge on any atom is 0.239 e. The molecule has 2 atom stereocenters. The summed E-state index contributed by atoms with van der Waals surface area (Å²) in [5.74, 6) is -0.625. The normalized spacial score (nSPS) is 24.5. The number of carbonyl (C=O) groups is 2. The maximum atomic E-state index is 13.0. The van der Waals surface area contributed by atoms with Crippen molar-refractivity contribution in [3.8, 4) is 0 Å². The van der Waals surface area contributed by atoms with Crippen LogP contribution in [0.1, 0.15) is 23.5 Å². The summed E-state index contributed by atoms with van der Waals surface area (Å²) in [4.78, 5) is 25.1. The highest BCUT2D eigenvalue weighted by atomic mass is 35.5. The minimum absolute atomic E-state index is 0.0399. The molecule has 4 rings (SSSR count). The first-order chi connectivity index (χ1) is 11.9. The number of nitrogens with one attached hydrogen (secondary N) is 1. The topological polar surface area (TPSA) is 46.2 Å². The van der Waals surface area contributed by atoms with Crippen molar-refractivity contribution >= 4 is 52.2 Å². The molecule has 0 saturated carbocycles. The summed E-state index contributed by atoms with van der Waals surface area (Å²) in [5, 5.41) is 4.36. The van der Waals surface area contributed by atoms with Crippen molar-refractivity contribution in [1.29, 1.82) is 0 Å². The molecule has 1 aliphatic carbocycles. The Morgan fingerprint density at radius 3 is 2.40 bits per heavy atom. The summed E-state index contributed by atoms with van der Waals surface area (Å²) in [6.45, 7) is 0. The van der Waals surface area contributed by atoms with Crippen molar-refractivity contribution in [2.45, 2.75) is 17.8 Å². The fourth-order valence-electron chi connectivity index (χ4n) is 3.77. The predicted octanol–water partition coefficient (Wildman–Crippen LogP) is 5.15. The molecule has 0 fully saturated rings. The molecule has 6 heteroatoms. The Morgan fingerprint density at radius 1 is 0.960 bits per heavy atom. The van der Waals surface area contributed by atoms with Crippen molar-refractivity contribution in [2.24, 2.45) is 0 Å². The van der Waals surface area contributed by atoms with Crippen LogP contribution in [-0.4, -0.2) is 11.7 Å². The van der Waals surface area contributed by atoms with Crippen LogP contribution in [0.3, 0.4) is 0 Å². The van der Waals surface area contributed by atoms with E-state index in [9.17, 15) is 9.59 Å². The number of anilines is 1. The van der Waals surface area contributed by atoms with Gasteiger partial charge in [0.2, 0.25) is 5.91 Å². The fraction of sp³-hybridized carbons (Fsp3) is 0.158. The number of rotatable bonds is 1. The summed E-state index contributed by atoms with van der Waals surface area (Å²) in [6.07, 6.45) is 3.36. The minimum atomic E-state index is -0.984. The largest absolute Gasteiger partial charge is 0.325 e. The van der Waals surface area contributed by atoms with E-state index >= 15 is 0 Å². The average Bonchev–Trinajstić information content (AvgIpc) is 2.80. The van der Waals surface area contributed by atoms with Gasteiger partial charge in [0.25, 0.3) is 0 Å². The number of hydrogen-bond acceptors (Lipinski definition) is 2. The lowest BCUT2D eigenvalue weighted by molar-refractivity contribution is -0.121. The summed E-state index contributed by atoms with van der Waals surface area (Å²) < 4.78 is 0. The van der Waals surface area contributed by atoms with E-state index < -0.39 is 11.3 Å². The molecule has 126 valence electrons. The first-order valence-electron chi connectivity index (χ1n) is 7.70. The zero-order chi connectivity index (χ0) is 17.8. The van der Waals surface area contributed by atoms with Gasteiger partial charge in [-0.1, -0.05) is 46.9 Å². The smallest absolute Gasteiger partial charge is 0.239 e. The van der Waals surface area contributed by atoms with Crippen molar-refractivity contribution in [3.05, 3.63) is 74.7 Å². The molecule has 3 nitrogen and oxygen atoms in total. The van der Waals surface area contributed by atoms with E-state index in [1.807, 2.05) is 6.07 Å². The highest BCUT2D eigenvalue weighted by Crippen LogP contribution is 2.52. The Labute approximate surface area is 159 Å². The van der Waals surface area contributed by atoms with Gasteiger partial charge in [0.15, 0.2) is 5.78 Å². The molecule has 1 spiro atoms. The molecule has 1 aliphatic heterocycles. The summed E-state index contributed by atoms with van der Waals surface area (Å²) in [6, 6.07) is 10.4. The highest BCUT2D eigenvalue weighted by molar-refractivity contribution is 6.34. The predicted molar refractivity (Wildman–Crippen MR) is 99.7 cm³/mol. The van der Waals surface area contributed by atoms with Gasteiger partial charge < -0.3 is 5.32 Å². The van der Waals surface area contributed by atoms with Gasteiger partial charge in [-0.2, -0.15) is 0 Å². The van der Waals surface area contributed by atoms with Crippen molar-refractivity contribution < 1.29 is 9.59 Å². The zero-order valence-corrected chi connectivity index (χ0v) is 15.1. The summed E-state index contributed by atoms with van der Waals surface area (Å²) in [5.41, 5.74) is 1.23. The molecule has 25 heavy (non-hydrogen) atoms. The van der Waals surface area contributed by atoms with E-state index in [4.69, 9.17) is 34.8 Å². The molecule has 1 heterocycles. The third-order valence-electron chi connectivity index (χ3n) is 4.83. The molecule has 2 aromatic carbocycles. The molecular formula is C19H12Cl3NO2. The maximum absolute atomic E-state index is 13.0. The molecule has 0 aromatic heterocycles. The van der Waals surface area contributed by atoms with E-state index in [1.165, 1.54) is 6.08 Å². The van der Waals surface area contributed by atoms with E-state index in [0.29, 0.717) is 20.8 Å². The molecule has 1 amide bonds. The van der Waals surface area contributed by atoms with Crippen molar-refractivity contribution in [2.75, 3.05) is 5.32 Å². The van der Waals surface area contributed by atoms with Crippen LogP contribution in [0.25, 0.3) is 0 Å². The monoisotopic (exact) mass is 391 g/mol. The van der Waals surface area contributed by atoms with Gasteiger partial charge in [0.05, 0.1) is 0 Å². The third kappa shape index (κ3) is 2.58. The Kier molecular flexibility index (Phi) is 3.91. The van der Waals surface area contributed by atoms with Gasteiger partial charge in [-0.3, -0.25) is 9.59 Å². The van der Waals surface area contributed by atoms with Crippen LogP contribution in [-0.2, 0) is 15.0 Å². The number of fused-ring (bicyclic) bond motifs is 2. The first-order valence-corrected chi connectivity index (χ1v) is 8.83. The molecule has 2 aliphatic rings. The lowest BCUT2D eigenvalue weighted by atomic mass is 9.64. The van der Waals surface area contributed by atoms with Crippen LogP contribution in [0.5, 0.6) is 0 Å². The zero-order valence-electron chi connectivity index (χ0n) is 12.9. The molecule has 1 N–H and O–H groups in total. The van der Waals surface area contributed by atoms with Crippen molar-refractivity contribution in [3.63, 3.8) is 0 Å². The lowest BCUT2D eigenvalue weighted by Crippen LogP contribution is -2.41. The van der Waals surface area contributed by atoms with Gasteiger partial charge >= 0.3 is 0 Å². The first kappa shape index (κ1) is 16.6. The Hall–Kier alpha value is -1.81. The standard InChI is InChI=1S/C19H12Cl3NO2/c20-11-1-2-15-17(8-11)23-18(25)19(15)4-3-14(24)9-16(19)10-5-12(21)7-13(22)6-10/h1-8,16H,9H2,(H,23,25)/t16?,19-/m0/s1. The van der Waals surface area contributed by atoms with E-state index in [2.05, 4.69) is 5.32 Å². The SMILES string of the molecule is O=C1C=C[C@@]2(C(=O)Nc3cc(Cl)ccc32)C(c2cc(Cl)cc(Cl)c2)C1. The van der Waals surface area contributed by atoms with Gasteiger partial charge in [-0.25, -0.2) is 0 Å². The van der Waals surface area contributed by atoms with Crippen LogP contribution >= 0.6 is 34.8 Å².